The second-order valence-corrected chi connectivity index (χ2v) is 9.51. The third-order valence-electron chi connectivity index (χ3n) is 5.57. The van der Waals surface area contributed by atoms with Crippen molar-refractivity contribution < 1.29 is 4.79 Å². The molecule has 2 heterocycles. The summed E-state index contributed by atoms with van der Waals surface area (Å²) >= 11 is 8.18. The van der Waals surface area contributed by atoms with Crippen LogP contribution < -0.4 is 5.32 Å². The maximum absolute atomic E-state index is 13.0. The number of anilines is 2. The molecule has 5 rings (SSSR count). The van der Waals surface area contributed by atoms with Gasteiger partial charge in [0.15, 0.2) is 0 Å². The number of thioether (sulfide) groups is 1. The van der Waals surface area contributed by atoms with Crippen LogP contribution in [0.2, 0.25) is 5.02 Å². The molecule has 0 aliphatic carbocycles. The number of halogens is 1. The molecule has 1 aromatic heterocycles. The lowest BCUT2D eigenvalue weighted by atomic mass is 10.1. The van der Waals surface area contributed by atoms with Crippen LogP contribution in [0, 0.1) is 6.92 Å². The van der Waals surface area contributed by atoms with Crippen molar-refractivity contribution in [3.05, 3.63) is 82.9 Å². The van der Waals surface area contributed by atoms with Gasteiger partial charge in [-0.3, -0.25) is 9.36 Å². The molecule has 162 valence electrons. The highest BCUT2D eigenvalue weighted by Crippen LogP contribution is 2.29. The van der Waals surface area contributed by atoms with Crippen molar-refractivity contribution >= 4 is 51.9 Å². The number of amides is 1. The van der Waals surface area contributed by atoms with Gasteiger partial charge < -0.3 is 10.2 Å². The van der Waals surface area contributed by atoms with Crippen molar-refractivity contribution in [2.75, 3.05) is 29.9 Å². The lowest BCUT2D eigenvalue weighted by Crippen LogP contribution is -2.37. The van der Waals surface area contributed by atoms with Crippen molar-refractivity contribution in [3.8, 4) is 5.69 Å². The van der Waals surface area contributed by atoms with Crippen LogP contribution >= 0.6 is 23.4 Å². The summed E-state index contributed by atoms with van der Waals surface area (Å²) in [6.07, 6.45) is 0. The summed E-state index contributed by atoms with van der Waals surface area (Å²) in [7, 11) is 0. The van der Waals surface area contributed by atoms with E-state index >= 15 is 0 Å². The van der Waals surface area contributed by atoms with E-state index in [0.29, 0.717) is 16.5 Å². The molecule has 1 aliphatic heterocycles. The van der Waals surface area contributed by atoms with Crippen molar-refractivity contribution in [2.24, 2.45) is 0 Å². The first-order valence-corrected chi connectivity index (χ1v) is 12.1. The highest BCUT2D eigenvalue weighted by molar-refractivity contribution is 7.99. The Balaban J connectivity index is 1.59. The van der Waals surface area contributed by atoms with Crippen LogP contribution in [0.5, 0.6) is 0 Å². The fraction of sp³-hybridized carbons (Fsp3) is 0.200. The molecule has 1 amide bonds. The molecule has 0 radical (unpaired) electrons. The smallest absolute Gasteiger partial charge is 0.253 e. The number of imidazole rings is 1. The highest BCUT2D eigenvalue weighted by atomic mass is 35.5. The summed E-state index contributed by atoms with van der Waals surface area (Å²) in [5.41, 5.74) is 5.38. The zero-order valence-corrected chi connectivity index (χ0v) is 19.3. The average Bonchev–Trinajstić information content (AvgIpc) is 3.17. The van der Waals surface area contributed by atoms with Gasteiger partial charge in [-0.2, -0.15) is 11.8 Å². The molecular weight excluding hydrogens is 440 g/mol. The van der Waals surface area contributed by atoms with Crippen LogP contribution in [0.1, 0.15) is 15.9 Å². The van der Waals surface area contributed by atoms with Gasteiger partial charge in [0.1, 0.15) is 0 Å². The molecule has 7 heteroatoms. The van der Waals surface area contributed by atoms with Crippen LogP contribution in [-0.2, 0) is 0 Å². The Morgan fingerprint density at radius 3 is 2.56 bits per heavy atom. The fourth-order valence-corrected chi connectivity index (χ4v) is 4.98. The quantitative estimate of drug-likeness (QED) is 0.409. The van der Waals surface area contributed by atoms with E-state index in [9.17, 15) is 4.79 Å². The summed E-state index contributed by atoms with van der Waals surface area (Å²) in [5, 5.41) is 4.08. The molecular formula is C25H23ClN4OS. The van der Waals surface area contributed by atoms with Gasteiger partial charge in [-0.1, -0.05) is 35.4 Å². The Bertz CT molecular complexity index is 1280. The molecule has 0 unspecified atom stereocenters. The maximum atomic E-state index is 13.0. The van der Waals surface area contributed by atoms with Crippen LogP contribution in [0.15, 0.2) is 66.7 Å². The van der Waals surface area contributed by atoms with Gasteiger partial charge in [0.25, 0.3) is 5.91 Å². The topological polar surface area (TPSA) is 50.2 Å². The Hall–Kier alpha value is -2.96. The minimum atomic E-state index is 0.0672. The Morgan fingerprint density at radius 2 is 1.81 bits per heavy atom. The van der Waals surface area contributed by atoms with Crippen molar-refractivity contribution in [1.29, 1.82) is 0 Å². The SMILES string of the molecule is Cc1ccc(Nc2nc3cc(C(=O)N4CCSCC4)ccc3n2-c2cccc(Cl)c2)cc1. The van der Waals surface area contributed by atoms with Gasteiger partial charge >= 0.3 is 0 Å². The van der Waals surface area contributed by atoms with E-state index in [1.165, 1.54) is 5.56 Å². The van der Waals surface area contributed by atoms with Gasteiger partial charge in [-0.25, -0.2) is 4.98 Å². The molecule has 32 heavy (non-hydrogen) atoms. The van der Waals surface area contributed by atoms with E-state index in [0.717, 1.165) is 47.0 Å². The number of benzene rings is 3. The van der Waals surface area contributed by atoms with E-state index in [1.807, 2.05) is 75.8 Å². The Morgan fingerprint density at radius 1 is 1.03 bits per heavy atom. The zero-order valence-electron chi connectivity index (χ0n) is 17.7. The van der Waals surface area contributed by atoms with Crippen LogP contribution in [-0.4, -0.2) is 45.0 Å². The molecule has 0 bridgehead atoms. The van der Waals surface area contributed by atoms with Crippen molar-refractivity contribution in [1.82, 2.24) is 14.5 Å². The van der Waals surface area contributed by atoms with Gasteiger partial charge in [0.2, 0.25) is 5.95 Å². The molecule has 1 N–H and O–H groups in total. The largest absolute Gasteiger partial charge is 0.337 e. The number of hydrogen-bond donors (Lipinski definition) is 1. The van der Waals surface area contributed by atoms with Gasteiger partial charge in [0, 0.05) is 40.9 Å². The number of rotatable bonds is 4. The molecule has 5 nitrogen and oxygen atoms in total. The van der Waals surface area contributed by atoms with Gasteiger partial charge in [0.05, 0.1) is 16.7 Å². The molecule has 1 aliphatic rings. The minimum Gasteiger partial charge on any atom is -0.337 e. The molecule has 0 spiro atoms. The first-order chi connectivity index (χ1) is 15.6. The summed E-state index contributed by atoms with van der Waals surface area (Å²) in [6.45, 7) is 3.64. The number of nitrogens with one attached hydrogen (secondary N) is 1. The highest BCUT2D eigenvalue weighted by Gasteiger charge is 2.20. The van der Waals surface area contributed by atoms with Crippen LogP contribution in [0.25, 0.3) is 16.7 Å². The second kappa shape index (κ2) is 8.88. The van der Waals surface area contributed by atoms with E-state index < -0.39 is 0 Å². The number of nitrogens with zero attached hydrogens (tertiary/aromatic N) is 3. The van der Waals surface area contributed by atoms with E-state index in [-0.39, 0.29) is 5.91 Å². The van der Waals surface area contributed by atoms with E-state index in [1.54, 1.807) is 0 Å². The first-order valence-electron chi connectivity index (χ1n) is 10.6. The third kappa shape index (κ3) is 4.20. The number of carbonyl (C=O) groups is 1. The van der Waals surface area contributed by atoms with Gasteiger partial charge in [-0.15, -0.1) is 0 Å². The lowest BCUT2D eigenvalue weighted by Gasteiger charge is -2.26. The molecule has 0 atom stereocenters. The Labute approximate surface area is 196 Å². The predicted molar refractivity (Wildman–Crippen MR) is 134 cm³/mol. The maximum Gasteiger partial charge on any atom is 0.253 e. The summed E-state index contributed by atoms with van der Waals surface area (Å²) in [4.78, 5) is 19.8. The summed E-state index contributed by atoms with van der Waals surface area (Å²) in [5.74, 6) is 2.71. The van der Waals surface area contributed by atoms with Crippen LogP contribution in [0.3, 0.4) is 0 Å². The molecule has 1 saturated heterocycles. The molecule has 0 saturated carbocycles. The summed E-state index contributed by atoms with van der Waals surface area (Å²) in [6, 6.07) is 21.6. The minimum absolute atomic E-state index is 0.0672. The first kappa shape index (κ1) is 20.9. The number of aromatic nitrogens is 2. The predicted octanol–water partition coefficient (Wildman–Crippen LogP) is 5.92. The van der Waals surface area contributed by atoms with Gasteiger partial charge in [-0.05, 0) is 55.5 Å². The van der Waals surface area contributed by atoms with E-state index in [4.69, 9.17) is 16.6 Å². The Kier molecular flexibility index (Phi) is 5.81. The summed E-state index contributed by atoms with van der Waals surface area (Å²) < 4.78 is 2.03. The fourth-order valence-electron chi connectivity index (χ4n) is 3.89. The van der Waals surface area contributed by atoms with E-state index in [2.05, 4.69) is 24.4 Å². The van der Waals surface area contributed by atoms with Crippen LogP contribution in [0.4, 0.5) is 11.6 Å². The normalized spacial score (nSPS) is 14.0. The lowest BCUT2D eigenvalue weighted by molar-refractivity contribution is 0.0772. The average molecular weight is 463 g/mol. The molecule has 1 fully saturated rings. The number of fused-ring (bicyclic) bond motifs is 1. The number of hydrogen-bond acceptors (Lipinski definition) is 4. The zero-order chi connectivity index (χ0) is 22.1. The number of aryl methyl sites for hydroxylation is 1. The number of carbonyl (C=O) groups excluding carboxylic acids is 1. The van der Waals surface area contributed by atoms with Crippen molar-refractivity contribution in [2.45, 2.75) is 6.92 Å². The molecule has 3 aromatic carbocycles. The van der Waals surface area contributed by atoms with Crippen molar-refractivity contribution in [3.63, 3.8) is 0 Å². The monoisotopic (exact) mass is 462 g/mol. The third-order valence-corrected chi connectivity index (χ3v) is 6.75. The second-order valence-electron chi connectivity index (χ2n) is 7.85. The standard InChI is InChI=1S/C25H23ClN4OS/c1-17-5-8-20(9-6-17)27-25-28-22-15-18(24(31)29-11-13-32-14-12-29)7-10-23(22)30(25)21-4-2-3-19(26)16-21/h2-10,15-16H,11-14H2,1H3,(H,27,28). The molecule has 4 aromatic rings.